The molecule has 0 saturated carbocycles. The number of pyridine rings is 1. The maximum Gasteiger partial charge on any atom is 0.417 e. The van der Waals surface area contributed by atoms with Crippen molar-refractivity contribution in [2.45, 2.75) is 38.7 Å². The number of aromatic nitrogens is 2. The van der Waals surface area contributed by atoms with E-state index in [2.05, 4.69) is 9.97 Å². The summed E-state index contributed by atoms with van der Waals surface area (Å²) in [6, 6.07) is 2.34. The van der Waals surface area contributed by atoms with Crippen molar-refractivity contribution in [1.82, 2.24) is 9.97 Å². The van der Waals surface area contributed by atoms with Gasteiger partial charge in [0, 0.05) is 25.2 Å². The molecule has 1 aliphatic rings. The Morgan fingerprint density at radius 1 is 1.40 bits per heavy atom. The molecule has 0 amide bonds. The second-order valence-electron chi connectivity index (χ2n) is 6.04. The highest BCUT2D eigenvalue weighted by Crippen LogP contribution is 2.30. The van der Waals surface area contributed by atoms with Gasteiger partial charge in [-0.3, -0.25) is 0 Å². The van der Waals surface area contributed by atoms with E-state index in [1.807, 2.05) is 11.8 Å². The number of hydrogen-bond donors (Lipinski definition) is 1. The molecule has 1 atom stereocenters. The maximum absolute atomic E-state index is 12.6. The van der Waals surface area contributed by atoms with Crippen molar-refractivity contribution in [2.75, 3.05) is 18.1 Å². The van der Waals surface area contributed by atoms with Crippen LogP contribution in [0.15, 0.2) is 22.7 Å². The number of fused-ring (bicyclic) bond motifs is 1. The molecule has 9 heteroatoms. The Bertz CT molecular complexity index is 713. The summed E-state index contributed by atoms with van der Waals surface area (Å²) >= 11 is 0. The van der Waals surface area contributed by atoms with Crippen LogP contribution in [0.25, 0.3) is 0 Å². The molecule has 0 spiro atoms. The van der Waals surface area contributed by atoms with Crippen molar-refractivity contribution in [2.24, 2.45) is 5.73 Å². The smallest absolute Gasteiger partial charge is 0.417 e. The minimum Gasteiger partial charge on any atom is -0.441 e. The summed E-state index contributed by atoms with van der Waals surface area (Å²) in [5.74, 6) is 1.64. The lowest BCUT2D eigenvalue weighted by Gasteiger charge is -2.26. The summed E-state index contributed by atoms with van der Waals surface area (Å²) in [5.41, 5.74) is 5.70. The number of anilines is 1. The predicted molar refractivity (Wildman–Crippen MR) is 83.8 cm³/mol. The van der Waals surface area contributed by atoms with E-state index in [0.29, 0.717) is 43.6 Å². The average molecular weight is 356 g/mol. The Morgan fingerprint density at radius 2 is 2.20 bits per heavy atom. The third-order valence-electron chi connectivity index (χ3n) is 3.78. The number of nitrogens with zero attached hydrogens (tertiary/aromatic N) is 3. The lowest BCUT2D eigenvalue weighted by Crippen LogP contribution is -2.30. The van der Waals surface area contributed by atoms with Gasteiger partial charge in [0.15, 0.2) is 0 Å². The molecule has 6 nitrogen and oxygen atoms in total. The van der Waals surface area contributed by atoms with Crippen LogP contribution in [0.1, 0.15) is 29.8 Å². The molecule has 0 aromatic carbocycles. The van der Waals surface area contributed by atoms with E-state index in [1.165, 1.54) is 6.07 Å². The summed E-state index contributed by atoms with van der Waals surface area (Å²) in [6.07, 6.45) is -2.91. The molecule has 2 aromatic heterocycles. The molecule has 2 aromatic rings. The SMILES string of the molecule is CC(N)COCc1nc2c(o1)CN(c1ccc(C(F)(F)F)cn1)CC2. The first-order valence-corrected chi connectivity index (χ1v) is 7.92. The summed E-state index contributed by atoms with van der Waals surface area (Å²) in [6.45, 7) is 3.52. The number of alkyl halides is 3. The molecule has 0 radical (unpaired) electrons. The number of hydrogen-bond acceptors (Lipinski definition) is 6. The highest BCUT2D eigenvalue weighted by Gasteiger charge is 2.31. The number of rotatable bonds is 5. The highest BCUT2D eigenvalue weighted by molar-refractivity contribution is 5.42. The van der Waals surface area contributed by atoms with E-state index in [0.717, 1.165) is 18.0 Å². The van der Waals surface area contributed by atoms with Crippen LogP contribution in [0.2, 0.25) is 0 Å². The fraction of sp³-hybridized carbons (Fsp3) is 0.500. The van der Waals surface area contributed by atoms with E-state index >= 15 is 0 Å². The molecule has 0 saturated heterocycles. The van der Waals surface area contributed by atoms with E-state index in [1.54, 1.807) is 0 Å². The van der Waals surface area contributed by atoms with Gasteiger partial charge in [-0.25, -0.2) is 9.97 Å². The molecule has 0 aliphatic carbocycles. The first kappa shape index (κ1) is 17.7. The Hall–Kier alpha value is -2.13. The predicted octanol–water partition coefficient (Wildman–Crippen LogP) is 2.51. The van der Waals surface area contributed by atoms with Crippen molar-refractivity contribution in [3.8, 4) is 0 Å². The first-order chi connectivity index (χ1) is 11.8. The van der Waals surface area contributed by atoms with Gasteiger partial charge in [-0.05, 0) is 19.1 Å². The van der Waals surface area contributed by atoms with Gasteiger partial charge in [0.2, 0.25) is 5.89 Å². The second-order valence-corrected chi connectivity index (χ2v) is 6.04. The Balaban J connectivity index is 1.65. The number of oxazole rings is 1. The fourth-order valence-electron chi connectivity index (χ4n) is 2.58. The van der Waals surface area contributed by atoms with E-state index in [4.69, 9.17) is 14.9 Å². The van der Waals surface area contributed by atoms with Gasteiger partial charge < -0.3 is 19.8 Å². The molecule has 136 valence electrons. The van der Waals surface area contributed by atoms with Crippen molar-refractivity contribution >= 4 is 5.82 Å². The van der Waals surface area contributed by atoms with Gasteiger partial charge in [0.05, 0.1) is 24.4 Å². The Morgan fingerprint density at radius 3 is 2.84 bits per heavy atom. The third kappa shape index (κ3) is 4.29. The molecular weight excluding hydrogens is 337 g/mol. The molecule has 3 rings (SSSR count). The van der Waals surface area contributed by atoms with E-state index < -0.39 is 11.7 Å². The Labute approximate surface area is 142 Å². The topological polar surface area (TPSA) is 77.4 Å². The van der Waals surface area contributed by atoms with Gasteiger partial charge in [0.1, 0.15) is 18.2 Å². The lowest BCUT2D eigenvalue weighted by molar-refractivity contribution is -0.137. The average Bonchev–Trinajstić information content (AvgIpc) is 2.95. The molecule has 1 unspecified atom stereocenters. The van der Waals surface area contributed by atoms with Gasteiger partial charge in [-0.1, -0.05) is 0 Å². The zero-order valence-corrected chi connectivity index (χ0v) is 13.7. The molecule has 2 N–H and O–H groups in total. The lowest BCUT2D eigenvalue weighted by atomic mass is 10.1. The summed E-state index contributed by atoms with van der Waals surface area (Å²) in [5, 5.41) is 0. The van der Waals surface area contributed by atoms with Crippen LogP contribution < -0.4 is 10.6 Å². The van der Waals surface area contributed by atoms with Gasteiger partial charge in [-0.15, -0.1) is 0 Å². The van der Waals surface area contributed by atoms with Crippen LogP contribution in [0, 0.1) is 0 Å². The van der Waals surface area contributed by atoms with E-state index in [9.17, 15) is 13.2 Å². The zero-order chi connectivity index (χ0) is 18.0. The third-order valence-corrected chi connectivity index (χ3v) is 3.78. The normalized spacial score (nSPS) is 16.0. The number of halogens is 3. The largest absolute Gasteiger partial charge is 0.441 e. The summed E-state index contributed by atoms with van der Waals surface area (Å²) in [4.78, 5) is 10.2. The standard InChI is InChI=1S/C16H19F3N4O2/c1-10(20)8-24-9-15-22-12-4-5-23(7-13(12)25-15)14-3-2-11(6-21-14)16(17,18)19/h2-3,6,10H,4-5,7-9,20H2,1H3. The van der Waals surface area contributed by atoms with Crippen molar-refractivity contribution in [3.05, 3.63) is 41.2 Å². The van der Waals surface area contributed by atoms with Gasteiger partial charge in [0.25, 0.3) is 0 Å². The maximum atomic E-state index is 12.6. The van der Waals surface area contributed by atoms with Crippen LogP contribution in [0.3, 0.4) is 0 Å². The van der Waals surface area contributed by atoms with Crippen molar-refractivity contribution < 1.29 is 22.3 Å². The van der Waals surface area contributed by atoms with Crippen molar-refractivity contribution in [3.63, 3.8) is 0 Å². The second kappa shape index (κ2) is 7.01. The van der Waals surface area contributed by atoms with Crippen LogP contribution >= 0.6 is 0 Å². The molecular formula is C16H19F3N4O2. The first-order valence-electron chi connectivity index (χ1n) is 7.92. The number of nitrogens with two attached hydrogens (primary N) is 1. The minimum absolute atomic E-state index is 0.0641. The zero-order valence-electron chi connectivity index (χ0n) is 13.7. The molecule has 0 fully saturated rings. The van der Waals surface area contributed by atoms with E-state index in [-0.39, 0.29) is 12.6 Å². The minimum atomic E-state index is -4.39. The number of ether oxygens (including phenoxy) is 1. The monoisotopic (exact) mass is 356 g/mol. The van der Waals surface area contributed by atoms with Crippen LogP contribution in [-0.4, -0.2) is 29.2 Å². The van der Waals surface area contributed by atoms with Gasteiger partial charge >= 0.3 is 6.18 Å². The quantitative estimate of drug-likeness (QED) is 0.887. The fourth-order valence-corrected chi connectivity index (χ4v) is 2.58. The summed E-state index contributed by atoms with van der Waals surface area (Å²) < 4.78 is 48.9. The molecule has 0 bridgehead atoms. The molecule has 1 aliphatic heterocycles. The van der Waals surface area contributed by atoms with Crippen LogP contribution in [0.5, 0.6) is 0 Å². The van der Waals surface area contributed by atoms with Crippen molar-refractivity contribution in [1.29, 1.82) is 0 Å². The van der Waals surface area contributed by atoms with Gasteiger partial charge in [-0.2, -0.15) is 13.2 Å². The van der Waals surface area contributed by atoms with Crippen LogP contribution in [-0.2, 0) is 30.5 Å². The molecule has 3 heterocycles. The molecule has 25 heavy (non-hydrogen) atoms. The van der Waals surface area contributed by atoms with Crippen LogP contribution in [0.4, 0.5) is 19.0 Å². The highest BCUT2D eigenvalue weighted by atomic mass is 19.4. The Kier molecular flexibility index (Phi) is 4.96. The summed E-state index contributed by atoms with van der Waals surface area (Å²) in [7, 11) is 0.